The van der Waals surface area contributed by atoms with Gasteiger partial charge in [0.15, 0.2) is 0 Å². The van der Waals surface area contributed by atoms with E-state index >= 15 is 0 Å². The van der Waals surface area contributed by atoms with Crippen molar-refractivity contribution in [2.24, 2.45) is 5.92 Å². The lowest BCUT2D eigenvalue weighted by Crippen LogP contribution is -2.38. The molecule has 0 bridgehead atoms. The number of piperidine rings is 1. The molecule has 2 nitrogen and oxygen atoms in total. The predicted molar refractivity (Wildman–Crippen MR) is 73.2 cm³/mol. The molecular formula is C14H18BrNO. The minimum Gasteiger partial charge on any atom is -0.339 e. The summed E-state index contributed by atoms with van der Waals surface area (Å²) in [6, 6.07) is 5.89. The number of rotatable bonds is 1. The standard InChI is InChI=1S/C14H18BrNO/c1-10-5-7-16(8-6-10)14(17)13-9-12(15)4-3-11(13)2/h3-4,9-10H,5-8H2,1-2H3. The van der Waals surface area contributed by atoms with Crippen LogP contribution < -0.4 is 0 Å². The van der Waals surface area contributed by atoms with Crippen LogP contribution in [0.5, 0.6) is 0 Å². The quantitative estimate of drug-likeness (QED) is 0.775. The highest BCUT2D eigenvalue weighted by atomic mass is 79.9. The summed E-state index contributed by atoms with van der Waals surface area (Å²) < 4.78 is 0.969. The predicted octanol–water partition coefficient (Wildman–Crippen LogP) is 3.63. The molecule has 1 fully saturated rings. The highest BCUT2D eigenvalue weighted by Crippen LogP contribution is 2.21. The SMILES string of the molecule is Cc1ccc(Br)cc1C(=O)N1CCC(C)CC1. The van der Waals surface area contributed by atoms with Gasteiger partial charge in [0.2, 0.25) is 0 Å². The summed E-state index contributed by atoms with van der Waals surface area (Å²) in [4.78, 5) is 14.4. The van der Waals surface area contributed by atoms with Gasteiger partial charge in [0.25, 0.3) is 5.91 Å². The molecule has 0 aliphatic carbocycles. The average molecular weight is 296 g/mol. The third-order valence-electron chi connectivity index (χ3n) is 3.50. The number of carbonyl (C=O) groups is 1. The number of carbonyl (C=O) groups excluding carboxylic acids is 1. The van der Waals surface area contributed by atoms with Crippen molar-refractivity contribution < 1.29 is 4.79 Å². The minimum atomic E-state index is 0.177. The summed E-state index contributed by atoms with van der Waals surface area (Å²) >= 11 is 3.43. The molecule has 92 valence electrons. The van der Waals surface area contributed by atoms with Crippen LogP contribution in [0.3, 0.4) is 0 Å². The molecular weight excluding hydrogens is 278 g/mol. The van der Waals surface area contributed by atoms with E-state index in [1.54, 1.807) is 0 Å². The molecule has 1 aromatic rings. The Morgan fingerprint density at radius 3 is 2.65 bits per heavy atom. The van der Waals surface area contributed by atoms with E-state index in [2.05, 4.69) is 22.9 Å². The summed E-state index contributed by atoms with van der Waals surface area (Å²) in [5.74, 6) is 0.929. The lowest BCUT2D eigenvalue weighted by Gasteiger charge is -2.30. The van der Waals surface area contributed by atoms with Gasteiger partial charge in [0.1, 0.15) is 0 Å². The Hall–Kier alpha value is -0.830. The summed E-state index contributed by atoms with van der Waals surface area (Å²) in [6.45, 7) is 6.04. The Balaban J connectivity index is 2.16. The Morgan fingerprint density at radius 2 is 2.00 bits per heavy atom. The van der Waals surface area contributed by atoms with Crippen molar-refractivity contribution in [2.45, 2.75) is 26.7 Å². The summed E-state index contributed by atoms with van der Waals surface area (Å²) in [5, 5.41) is 0. The van der Waals surface area contributed by atoms with E-state index in [-0.39, 0.29) is 5.91 Å². The van der Waals surface area contributed by atoms with Gasteiger partial charge in [-0.15, -0.1) is 0 Å². The Bertz CT molecular complexity index is 422. The number of halogens is 1. The van der Waals surface area contributed by atoms with Crippen molar-refractivity contribution in [1.82, 2.24) is 4.90 Å². The lowest BCUT2D eigenvalue weighted by molar-refractivity contribution is 0.0696. The first-order chi connectivity index (χ1) is 8.08. The number of hydrogen-bond donors (Lipinski definition) is 0. The van der Waals surface area contributed by atoms with Crippen LogP contribution in [0.4, 0.5) is 0 Å². The molecule has 3 heteroatoms. The van der Waals surface area contributed by atoms with Crippen molar-refractivity contribution in [3.05, 3.63) is 33.8 Å². The molecule has 1 aliphatic rings. The fourth-order valence-electron chi connectivity index (χ4n) is 2.21. The molecule has 1 heterocycles. The maximum absolute atomic E-state index is 12.4. The number of benzene rings is 1. The molecule has 1 saturated heterocycles. The normalized spacial score (nSPS) is 17.2. The van der Waals surface area contributed by atoms with Gasteiger partial charge >= 0.3 is 0 Å². The van der Waals surface area contributed by atoms with Crippen LogP contribution in [0.2, 0.25) is 0 Å². The monoisotopic (exact) mass is 295 g/mol. The molecule has 0 spiro atoms. The zero-order valence-electron chi connectivity index (χ0n) is 10.4. The molecule has 1 aromatic carbocycles. The van der Waals surface area contributed by atoms with E-state index < -0.39 is 0 Å². The third-order valence-corrected chi connectivity index (χ3v) is 3.99. The molecule has 1 aliphatic heterocycles. The van der Waals surface area contributed by atoms with Gasteiger partial charge in [0.05, 0.1) is 0 Å². The fourth-order valence-corrected chi connectivity index (χ4v) is 2.57. The van der Waals surface area contributed by atoms with E-state index in [1.165, 1.54) is 0 Å². The van der Waals surface area contributed by atoms with Crippen LogP contribution in [0.1, 0.15) is 35.7 Å². The number of aryl methyl sites for hydroxylation is 1. The van der Waals surface area contributed by atoms with E-state index in [0.29, 0.717) is 0 Å². The summed E-state index contributed by atoms with van der Waals surface area (Å²) in [7, 11) is 0. The van der Waals surface area contributed by atoms with Crippen molar-refractivity contribution in [3.63, 3.8) is 0 Å². The highest BCUT2D eigenvalue weighted by molar-refractivity contribution is 9.10. The Morgan fingerprint density at radius 1 is 1.35 bits per heavy atom. The van der Waals surface area contributed by atoms with Crippen LogP contribution in [0, 0.1) is 12.8 Å². The van der Waals surface area contributed by atoms with Gasteiger partial charge in [-0.1, -0.05) is 28.9 Å². The first-order valence-corrected chi connectivity index (χ1v) is 6.92. The molecule has 1 amide bonds. The highest BCUT2D eigenvalue weighted by Gasteiger charge is 2.22. The van der Waals surface area contributed by atoms with Crippen molar-refractivity contribution in [2.75, 3.05) is 13.1 Å². The lowest BCUT2D eigenvalue weighted by atomic mass is 9.98. The molecule has 0 N–H and O–H groups in total. The zero-order valence-corrected chi connectivity index (χ0v) is 12.0. The van der Waals surface area contributed by atoms with Crippen molar-refractivity contribution in [1.29, 1.82) is 0 Å². The second-order valence-corrected chi connectivity index (χ2v) is 5.85. The van der Waals surface area contributed by atoms with Crippen molar-refractivity contribution >= 4 is 21.8 Å². The van der Waals surface area contributed by atoms with Crippen LogP contribution in [-0.2, 0) is 0 Å². The second-order valence-electron chi connectivity index (χ2n) is 4.93. The van der Waals surface area contributed by atoms with Crippen LogP contribution in [-0.4, -0.2) is 23.9 Å². The smallest absolute Gasteiger partial charge is 0.254 e. The summed E-state index contributed by atoms with van der Waals surface area (Å²) in [5.41, 5.74) is 1.88. The molecule has 0 saturated carbocycles. The number of hydrogen-bond acceptors (Lipinski definition) is 1. The number of nitrogens with zero attached hydrogens (tertiary/aromatic N) is 1. The Kier molecular flexibility index (Phi) is 3.87. The number of likely N-dealkylation sites (tertiary alicyclic amines) is 1. The maximum Gasteiger partial charge on any atom is 0.254 e. The van der Waals surface area contributed by atoms with Gasteiger partial charge in [-0.3, -0.25) is 4.79 Å². The van der Waals surface area contributed by atoms with E-state index in [9.17, 15) is 4.79 Å². The first kappa shape index (κ1) is 12.6. The van der Waals surface area contributed by atoms with Gasteiger partial charge in [-0.05, 0) is 43.4 Å². The topological polar surface area (TPSA) is 20.3 Å². The van der Waals surface area contributed by atoms with Crippen LogP contribution in [0.25, 0.3) is 0 Å². The largest absolute Gasteiger partial charge is 0.339 e. The van der Waals surface area contributed by atoms with Gasteiger partial charge < -0.3 is 4.90 Å². The zero-order chi connectivity index (χ0) is 12.4. The molecule has 2 rings (SSSR count). The van der Waals surface area contributed by atoms with Gasteiger partial charge in [-0.25, -0.2) is 0 Å². The van der Waals surface area contributed by atoms with E-state index in [1.807, 2.05) is 30.0 Å². The summed E-state index contributed by atoms with van der Waals surface area (Å²) in [6.07, 6.45) is 2.25. The van der Waals surface area contributed by atoms with E-state index in [0.717, 1.165) is 47.4 Å². The molecule has 0 radical (unpaired) electrons. The average Bonchev–Trinajstić information content (AvgIpc) is 2.32. The minimum absolute atomic E-state index is 0.177. The Labute approximate surface area is 111 Å². The van der Waals surface area contributed by atoms with Crippen LogP contribution in [0.15, 0.2) is 22.7 Å². The molecule has 0 unspecified atom stereocenters. The van der Waals surface area contributed by atoms with Gasteiger partial charge in [0, 0.05) is 23.1 Å². The van der Waals surface area contributed by atoms with E-state index in [4.69, 9.17) is 0 Å². The second kappa shape index (κ2) is 5.21. The third kappa shape index (κ3) is 2.89. The number of amides is 1. The molecule has 0 atom stereocenters. The molecule has 17 heavy (non-hydrogen) atoms. The molecule has 0 aromatic heterocycles. The fraction of sp³-hybridized carbons (Fsp3) is 0.500. The van der Waals surface area contributed by atoms with Gasteiger partial charge in [-0.2, -0.15) is 0 Å². The van der Waals surface area contributed by atoms with Crippen LogP contribution >= 0.6 is 15.9 Å². The maximum atomic E-state index is 12.4. The first-order valence-electron chi connectivity index (χ1n) is 6.13. The van der Waals surface area contributed by atoms with Crippen molar-refractivity contribution in [3.8, 4) is 0 Å².